The first kappa shape index (κ1) is 14.3. The Kier molecular flexibility index (Phi) is 3.11. The second-order valence-electron chi connectivity index (χ2n) is 8.85. The summed E-state index contributed by atoms with van der Waals surface area (Å²) in [6.07, 6.45) is 12.5. The fourth-order valence-electron chi connectivity index (χ4n) is 6.57. The monoisotopic (exact) mass is 290 g/mol. The number of aliphatic hydroxyl groups excluding tert-OH is 2. The van der Waals surface area contributed by atoms with Crippen molar-refractivity contribution >= 4 is 0 Å². The predicted octanol–water partition coefficient (Wildman–Crippen LogP) is 3.53. The lowest BCUT2D eigenvalue weighted by Crippen LogP contribution is -2.52. The molecule has 0 aromatic heterocycles. The van der Waals surface area contributed by atoms with Gasteiger partial charge in [-0.15, -0.1) is 0 Å². The van der Waals surface area contributed by atoms with E-state index >= 15 is 0 Å². The van der Waals surface area contributed by atoms with Crippen LogP contribution in [0.5, 0.6) is 0 Å². The highest BCUT2D eigenvalue weighted by Crippen LogP contribution is 2.64. The highest BCUT2D eigenvalue weighted by atomic mass is 16.3. The van der Waals surface area contributed by atoms with Crippen molar-refractivity contribution in [3.63, 3.8) is 0 Å². The van der Waals surface area contributed by atoms with Crippen molar-refractivity contribution in [1.82, 2.24) is 0 Å². The largest absolute Gasteiger partial charge is 0.393 e. The van der Waals surface area contributed by atoms with E-state index in [9.17, 15) is 10.2 Å². The zero-order valence-corrected chi connectivity index (χ0v) is 13.5. The second-order valence-corrected chi connectivity index (χ2v) is 8.85. The lowest BCUT2D eigenvalue weighted by Gasteiger charge is -2.58. The molecule has 118 valence electrons. The van der Waals surface area contributed by atoms with Crippen LogP contribution in [0.3, 0.4) is 0 Å². The summed E-state index contributed by atoms with van der Waals surface area (Å²) in [5.74, 6) is 2.67. The Hall–Kier alpha value is -0.340. The van der Waals surface area contributed by atoms with Crippen LogP contribution in [0.4, 0.5) is 0 Å². The van der Waals surface area contributed by atoms with Crippen LogP contribution >= 0.6 is 0 Å². The molecule has 8 atom stereocenters. The third-order valence-corrected chi connectivity index (χ3v) is 8.08. The summed E-state index contributed by atoms with van der Waals surface area (Å²) in [5.41, 5.74) is 0.538. The van der Waals surface area contributed by atoms with Gasteiger partial charge in [0.25, 0.3) is 0 Å². The van der Waals surface area contributed by atoms with E-state index in [-0.39, 0.29) is 17.6 Å². The first-order valence-corrected chi connectivity index (χ1v) is 8.99. The molecule has 2 N–H and O–H groups in total. The van der Waals surface area contributed by atoms with E-state index < -0.39 is 0 Å². The second kappa shape index (κ2) is 4.58. The molecule has 0 heterocycles. The SMILES string of the molecule is C[C@]12CC[C@@H](O)C[C@@H]1C=C[C@H]1[C@H]2CC[C@]2(C)[C@@H](O)CC[C@@H]12. The van der Waals surface area contributed by atoms with E-state index in [1.807, 2.05) is 0 Å². The topological polar surface area (TPSA) is 40.5 Å². The van der Waals surface area contributed by atoms with Gasteiger partial charge in [0.2, 0.25) is 0 Å². The van der Waals surface area contributed by atoms with Crippen LogP contribution in [-0.2, 0) is 0 Å². The summed E-state index contributed by atoms with van der Waals surface area (Å²) in [7, 11) is 0. The quantitative estimate of drug-likeness (QED) is 0.670. The molecule has 0 amide bonds. The Bertz CT molecular complexity index is 458. The number of aliphatic hydroxyl groups is 2. The molecule has 2 heteroatoms. The molecule has 0 unspecified atom stereocenters. The van der Waals surface area contributed by atoms with E-state index in [0.29, 0.717) is 23.2 Å². The summed E-state index contributed by atoms with van der Waals surface area (Å²) in [4.78, 5) is 0. The molecule has 3 fully saturated rings. The third kappa shape index (κ3) is 1.84. The van der Waals surface area contributed by atoms with Crippen LogP contribution < -0.4 is 0 Å². The van der Waals surface area contributed by atoms with Gasteiger partial charge in [-0.25, -0.2) is 0 Å². The highest BCUT2D eigenvalue weighted by molar-refractivity contribution is 5.18. The molecule has 0 spiro atoms. The van der Waals surface area contributed by atoms with Gasteiger partial charge in [0, 0.05) is 0 Å². The van der Waals surface area contributed by atoms with Gasteiger partial charge in [-0.05, 0) is 79.4 Å². The molecule has 4 rings (SSSR count). The minimum atomic E-state index is -0.0913. The minimum Gasteiger partial charge on any atom is -0.393 e. The number of hydrogen-bond donors (Lipinski definition) is 2. The first-order valence-electron chi connectivity index (χ1n) is 8.99. The number of allylic oxidation sites excluding steroid dienone is 2. The summed E-state index contributed by atoms with van der Waals surface area (Å²) >= 11 is 0. The van der Waals surface area contributed by atoms with Crippen LogP contribution in [0.25, 0.3) is 0 Å². The first-order chi connectivity index (χ1) is 9.95. The van der Waals surface area contributed by atoms with E-state index in [0.717, 1.165) is 25.2 Å². The molecule has 4 aliphatic carbocycles. The minimum absolute atomic E-state index is 0.0874. The van der Waals surface area contributed by atoms with Crippen molar-refractivity contribution < 1.29 is 10.2 Å². The summed E-state index contributed by atoms with van der Waals surface area (Å²) in [6, 6.07) is 0. The maximum absolute atomic E-state index is 10.4. The van der Waals surface area contributed by atoms with Gasteiger partial charge >= 0.3 is 0 Å². The number of rotatable bonds is 0. The lowest BCUT2D eigenvalue weighted by atomic mass is 9.47. The standard InChI is InChI=1S/C19H30O2/c1-18-9-7-13(20)11-12(18)3-4-14-15-5-6-17(21)19(15,2)10-8-16(14)18/h3-4,12-17,20-21H,5-11H2,1-2H3/t12-,13+,14+,15-,16+,17-,18-,19-/m0/s1. The van der Waals surface area contributed by atoms with Crippen LogP contribution in [0.1, 0.15) is 58.8 Å². The van der Waals surface area contributed by atoms with Crippen molar-refractivity contribution in [2.45, 2.75) is 71.0 Å². The Morgan fingerprint density at radius 3 is 2.38 bits per heavy atom. The average Bonchev–Trinajstić information content (AvgIpc) is 2.76. The van der Waals surface area contributed by atoms with Gasteiger partial charge in [-0.1, -0.05) is 26.0 Å². The van der Waals surface area contributed by atoms with Crippen LogP contribution in [-0.4, -0.2) is 22.4 Å². The number of fused-ring (bicyclic) bond motifs is 5. The third-order valence-electron chi connectivity index (χ3n) is 8.08. The fraction of sp³-hybridized carbons (Fsp3) is 0.895. The van der Waals surface area contributed by atoms with E-state index in [4.69, 9.17) is 0 Å². The van der Waals surface area contributed by atoms with Gasteiger partial charge in [0.15, 0.2) is 0 Å². The molecule has 0 aromatic carbocycles. The Morgan fingerprint density at radius 1 is 0.857 bits per heavy atom. The normalized spacial score (nSPS) is 59.2. The zero-order chi connectivity index (χ0) is 14.8. The highest BCUT2D eigenvalue weighted by Gasteiger charge is 2.58. The fourth-order valence-corrected chi connectivity index (χ4v) is 6.57. The summed E-state index contributed by atoms with van der Waals surface area (Å²) < 4.78 is 0. The van der Waals surface area contributed by atoms with E-state index in [1.54, 1.807) is 0 Å². The van der Waals surface area contributed by atoms with E-state index in [2.05, 4.69) is 26.0 Å². The van der Waals surface area contributed by atoms with Crippen LogP contribution in [0.15, 0.2) is 12.2 Å². The molecular formula is C19H30O2. The van der Waals surface area contributed by atoms with Crippen LogP contribution in [0, 0.1) is 34.5 Å². The molecule has 0 aliphatic heterocycles. The van der Waals surface area contributed by atoms with Gasteiger partial charge in [0.1, 0.15) is 0 Å². The molecule has 4 aliphatic rings. The maximum Gasteiger partial charge on any atom is 0.0596 e. The van der Waals surface area contributed by atoms with Gasteiger partial charge in [0.05, 0.1) is 12.2 Å². The molecule has 0 radical (unpaired) electrons. The molecule has 2 nitrogen and oxygen atoms in total. The van der Waals surface area contributed by atoms with E-state index in [1.165, 1.54) is 25.7 Å². The Balaban J connectivity index is 1.68. The molecule has 3 saturated carbocycles. The molecule has 0 bridgehead atoms. The molecule has 0 aromatic rings. The predicted molar refractivity (Wildman–Crippen MR) is 83.6 cm³/mol. The van der Waals surface area contributed by atoms with Crippen molar-refractivity contribution in [2.75, 3.05) is 0 Å². The molecule has 21 heavy (non-hydrogen) atoms. The summed E-state index contributed by atoms with van der Waals surface area (Å²) in [5, 5.41) is 20.5. The maximum atomic E-state index is 10.4. The van der Waals surface area contributed by atoms with Crippen LogP contribution in [0.2, 0.25) is 0 Å². The van der Waals surface area contributed by atoms with Crippen molar-refractivity contribution in [3.05, 3.63) is 12.2 Å². The van der Waals surface area contributed by atoms with Gasteiger partial charge < -0.3 is 10.2 Å². The molecule has 0 saturated heterocycles. The van der Waals surface area contributed by atoms with Gasteiger partial charge in [-0.2, -0.15) is 0 Å². The number of hydrogen-bond acceptors (Lipinski definition) is 2. The van der Waals surface area contributed by atoms with Gasteiger partial charge in [-0.3, -0.25) is 0 Å². The Morgan fingerprint density at radius 2 is 1.57 bits per heavy atom. The lowest BCUT2D eigenvalue weighted by molar-refractivity contribution is -0.0894. The average molecular weight is 290 g/mol. The van der Waals surface area contributed by atoms with Crippen molar-refractivity contribution in [1.29, 1.82) is 0 Å². The van der Waals surface area contributed by atoms with Crippen molar-refractivity contribution in [3.8, 4) is 0 Å². The Labute approximate surface area is 128 Å². The summed E-state index contributed by atoms with van der Waals surface area (Å²) in [6.45, 7) is 4.82. The zero-order valence-electron chi connectivity index (χ0n) is 13.5. The molecular weight excluding hydrogens is 260 g/mol. The van der Waals surface area contributed by atoms with Crippen molar-refractivity contribution in [2.24, 2.45) is 34.5 Å². The smallest absolute Gasteiger partial charge is 0.0596 e.